The molecule has 0 amide bonds. The van der Waals surface area contributed by atoms with Crippen molar-refractivity contribution >= 4 is 17.9 Å². The van der Waals surface area contributed by atoms with Crippen LogP contribution in [0, 0.1) is 0 Å². The third kappa shape index (κ3) is 1.71. The number of hydrogen-bond acceptors (Lipinski definition) is 1. The highest BCUT2D eigenvalue weighted by Gasteiger charge is 2.50. The van der Waals surface area contributed by atoms with Crippen molar-refractivity contribution in [3.63, 3.8) is 0 Å². The van der Waals surface area contributed by atoms with E-state index in [2.05, 4.69) is 0 Å². The summed E-state index contributed by atoms with van der Waals surface area (Å²) in [5, 5.41) is 0.0134. The molecule has 0 heterocycles. The van der Waals surface area contributed by atoms with Gasteiger partial charge in [-0.15, -0.1) is 0 Å². The molecule has 2 rings (SSSR count). The average molecular weight is 249 g/mol. The first kappa shape index (κ1) is 11.5. The number of alkyl halides is 3. The second kappa shape index (κ2) is 3.48. The molecule has 1 saturated carbocycles. The molecule has 0 radical (unpaired) electrons. The Hall–Kier alpha value is -1.03. The topological polar surface area (TPSA) is 17.1 Å². The van der Waals surface area contributed by atoms with Gasteiger partial charge in [0.1, 0.15) is 6.29 Å². The Labute approximate surface area is 95.2 Å². The zero-order chi connectivity index (χ0) is 12.0. The molecule has 0 N–H and O–H groups in total. The van der Waals surface area contributed by atoms with Gasteiger partial charge in [0.05, 0.1) is 11.0 Å². The second-order valence-corrected chi connectivity index (χ2v) is 4.34. The minimum Gasteiger partial charge on any atom is -0.302 e. The van der Waals surface area contributed by atoms with Gasteiger partial charge in [0.25, 0.3) is 0 Å². The van der Waals surface area contributed by atoms with Gasteiger partial charge in [0.2, 0.25) is 0 Å². The summed E-state index contributed by atoms with van der Waals surface area (Å²) in [5.41, 5.74) is -1.88. The molecule has 0 unspecified atom stereocenters. The summed E-state index contributed by atoms with van der Waals surface area (Å²) in [7, 11) is 0. The molecule has 16 heavy (non-hydrogen) atoms. The lowest BCUT2D eigenvalue weighted by Crippen LogP contribution is -2.18. The number of carbonyl (C=O) groups is 1. The van der Waals surface area contributed by atoms with Crippen molar-refractivity contribution in [1.29, 1.82) is 0 Å². The summed E-state index contributed by atoms with van der Waals surface area (Å²) >= 11 is 5.78. The maximum Gasteiger partial charge on any atom is 0.416 e. The van der Waals surface area contributed by atoms with Crippen LogP contribution in [0.15, 0.2) is 18.2 Å². The molecule has 0 spiro atoms. The highest BCUT2D eigenvalue weighted by Crippen LogP contribution is 2.52. The number of rotatable bonds is 2. The van der Waals surface area contributed by atoms with Crippen LogP contribution in [0.2, 0.25) is 5.02 Å². The molecule has 0 atom stereocenters. The quantitative estimate of drug-likeness (QED) is 0.731. The Morgan fingerprint density at radius 3 is 2.38 bits per heavy atom. The van der Waals surface area contributed by atoms with Crippen molar-refractivity contribution in [1.82, 2.24) is 0 Å². The Morgan fingerprint density at radius 2 is 1.94 bits per heavy atom. The summed E-state index contributed by atoms with van der Waals surface area (Å²) < 4.78 is 38.2. The van der Waals surface area contributed by atoms with E-state index in [4.69, 9.17) is 11.6 Å². The molecular weight excluding hydrogens is 241 g/mol. The molecule has 0 saturated heterocycles. The van der Waals surface area contributed by atoms with Gasteiger partial charge in [0.15, 0.2) is 0 Å². The van der Waals surface area contributed by atoms with E-state index in [1.165, 1.54) is 12.1 Å². The van der Waals surface area contributed by atoms with Crippen LogP contribution in [-0.4, -0.2) is 6.29 Å². The maximum absolute atomic E-state index is 12.7. The molecule has 1 aliphatic rings. The number of hydrogen-bond donors (Lipinski definition) is 0. The van der Waals surface area contributed by atoms with E-state index < -0.39 is 17.2 Å². The Balaban J connectivity index is 2.63. The first-order valence-electron chi connectivity index (χ1n) is 4.73. The molecule has 0 aliphatic heterocycles. The van der Waals surface area contributed by atoms with Crippen LogP contribution in [0.4, 0.5) is 13.2 Å². The number of aldehydes is 1. The predicted molar refractivity (Wildman–Crippen MR) is 53.4 cm³/mol. The molecule has 5 heteroatoms. The van der Waals surface area contributed by atoms with Gasteiger partial charge in [-0.1, -0.05) is 17.7 Å². The van der Waals surface area contributed by atoms with Gasteiger partial charge >= 0.3 is 6.18 Å². The first-order valence-corrected chi connectivity index (χ1v) is 5.11. The zero-order valence-corrected chi connectivity index (χ0v) is 8.90. The summed E-state index contributed by atoms with van der Waals surface area (Å²) in [6, 6.07) is 3.59. The number of halogens is 4. The lowest BCUT2D eigenvalue weighted by Gasteiger charge is -2.17. The Morgan fingerprint density at radius 1 is 1.31 bits per heavy atom. The van der Waals surface area contributed by atoms with Crippen molar-refractivity contribution in [2.45, 2.75) is 24.4 Å². The van der Waals surface area contributed by atoms with Crippen LogP contribution >= 0.6 is 11.6 Å². The van der Waals surface area contributed by atoms with Gasteiger partial charge < -0.3 is 4.79 Å². The van der Waals surface area contributed by atoms with Crippen LogP contribution in [0.5, 0.6) is 0 Å². The Bertz CT molecular complexity index is 435. The molecule has 1 aliphatic carbocycles. The standard InChI is InChI=1S/C11H8ClF3O/c12-8-3-1-2-7(11(13,14)15)9(8)10(6-16)4-5-10/h1-3,6H,4-5H2. The lowest BCUT2D eigenvalue weighted by atomic mass is 9.92. The molecule has 1 nitrogen and oxygen atoms in total. The first-order chi connectivity index (χ1) is 7.41. The van der Waals surface area contributed by atoms with E-state index >= 15 is 0 Å². The molecule has 86 valence electrons. The maximum atomic E-state index is 12.7. The van der Waals surface area contributed by atoms with E-state index in [0.29, 0.717) is 19.1 Å². The van der Waals surface area contributed by atoms with Crippen LogP contribution in [0.1, 0.15) is 24.0 Å². The molecule has 1 fully saturated rings. The van der Waals surface area contributed by atoms with Gasteiger partial charge in [-0.05, 0) is 30.5 Å². The molecular formula is C11H8ClF3O. The van der Waals surface area contributed by atoms with Crippen LogP contribution in [-0.2, 0) is 16.4 Å². The molecule has 1 aromatic rings. The Kier molecular flexibility index (Phi) is 2.49. The van der Waals surface area contributed by atoms with Crippen molar-refractivity contribution in [2.24, 2.45) is 0 Å². The van der Waals surface area contributed by atoms with E-state index in [-0.39, 0.29) is 10.6 Å². The van der Waals surface area contributed by atoms with E-state index in [0.717, 1.165) is 6.07 Å². The van der Waals surface area contributed by atoms with Gasteiger partial charge in [-0.2, -0.15) is 13.2 Å². The van der Waals surface area contributed by atoms with E-state index in [1.807, 2.05) is 0 Å². The summed E-state index contributed by atoms with van der Waals surface area (Å²) in [5.74, 6) is 0. The van der Waals surface area contributed by atoms with E-state index in [1.54, 1.807) is 0 Å². The summed E-state index contributed by atoms with van der Waals surface area (Å²) in [6.07, 6.45) is -3.03. The van der Waals surface area contributed by atoms with Gasteiger partial charge in [-0.3, -0.25) is 0 Å². The fourth-order valence-corrected chi connectivity index (χ4v) is 2.19. The number of carbonyl (C=O) groups excluding carboxylic acids is 1. The average Bonchev–Trinajstić information content (AvgIpc) is 2.96. The molecule has 1 aromatic carbocycles. The predicted octanol–water partition coefficient (Wildman–Crippen LogP) is 3.59. The van der Waals surface area contributed by atoms with Gasteiger partial charge in [-0.25, -0.2) is 0 Å². The third-order valence-corrected chi connectivity index (χ3v) is 3.15. The normalized spacial score (nSPS) is 18.2. The van der Waals surface area contributed by atoms with E-state index in [9.17, 15) is 18.0 Å². The van der Waals surface area contributed by atoms with Crippen molar-refractivity contribution in [3.8, 4) is 0 Å². The summed E-state index contributed by atoms with van der Waals surface area (Å²) in [6.45, 7) is 0. The van der Waals surface area contributed by atoms with Crippen LogP contribution in [0.25, 0.3) is 0 Å². The second-order valence-electron chi connectivity index (χ2n) is 3.93. The highest BCUT2D eigenvalue weighted by molar-refractivity contribution is 6.31. The van der Waals surface area contributed by atoms with Crippen molar-refractivity contribution < 1.29 is 18.0 Å². The largest absolute Gasteiger partial charge is 0.416 e. The van der Waals surface area contributed by atoms with Crippen LogP contribution < -0.4 is 0 Å². The van der Waals surface area contributed by atoms with Gasteiger partial charge in [0, 0.05) is 5.02 Å². The SMILES string of the molecule is O=CC1(c2c(Cl)cccc2C(F)(F)F)CC1. The smallest absolute Gasteiger partial charge is 0.302 e. The highest BCUT2D eigenvalue weighted by atomic mass is 35.5. The minimum atomic E-state index is -4.47. The number of benzene rings is 1. The monoisotopic (exact) mass is 248 g/mol. The zero-order valence-electron chi connectivity index (χ0n) is 8.14. The minimum absolute atomic E-state index is 0.0134. The molecule has 0 bridgehead atoms. The lowest BCUT2D eigenvalue weighted by molar-refractivity contribution is -0.138. The van der Waals surface area contributed by atoms with Crippen molar-refractivity contribution in [3.05, 3.63) is 34.3 Å². The fourth-order valence-electron chi connectivity index (χ4n) is 1.83. The van der Waals surface area contributed by atoms with Crippen LogP contribution in [0.3, 0.4) is 0 Å². The summed E-state index contributed by atoms with van der Waals surface area (Å²) in [4.78, 5) is 10.9. The molecule has 0 aromatic heterocycles. The fraction of sp³-hybridized carbons (Fsp3) is 0.364. The third-order valence-electron chi connectivity index (χ3n) is 2.83. The van der Waals surface area contributed by atoms with Crippen molar-refractivity contribution in [2.75, 3.05) is 0 Å².